The van der Waals surface area contributed by atoms with Crippen LogP contribution in [0.1, 0.15) is 27.7 Å². The molecule has 0 saturated heterocycles. The van der Waals surface area contributed by atoms with Crippen LogP contribution in [-0.4, -0.2) is 32.9 Å². The van der Waals surface area contributed by atoms with Crippen molar-refractivity contribution in [1.82, 2.24) is 14.6 Å². The Hall–Kier alpha value is -2.80. The van der Waals surface area contributed by atoms with Crippen molar-refractivity contribution in [3.8, 4) is 5.75 Å². The standard InChI is InChI=1S/C19H20ClN4O3/c1-5-26-14-8-6-13(7-9-14)23(18(25)27-19(2,3)4)17-12-15(20)22-16-10-11-21-24(16)17/h6-11H,5H2,1-4H3. The Labute approximate surface area is 162 Å². The molecule has 0 aliphatic rings. The highest BCUT2D eigenvalue weighted by Crippen LogP contribution is 2.30. The minimum atomic E-state index is -0.680. The normalized spacial score (nSPS) is 11.4. The van der Waals surface area contributed by atoms with Crippen LogP contribution in [0.15, 0.2) is 36.5 Å². The van der Waals surface area contributed by atoms with Gasteiger partial charge in [0, 0.05) is 6.07 Å². The Morgan fingerprint density at radius 3 is 2.59 bits per heavy atom. The van der Waals surface area contributed by atoms with E-state index in [1.165, 1.54) is 9.42 Å². The topological polar surface area (TPSA) is 69.0 Å². The lowest BCUT2D eigenvalue weighted by Crippen LogP contribution is -2.35. The fourth-order valence-electron chi connectivity index (χ4n) is 2.45. The van der Waals surface area contributed by atoms with Crippen LogP contribution in [0.5, 0.6) is 5.75 Å². The summed E-state index contributed by atoms with van der Waals surface area (Å²) in [5.74, 6) is 1.000. The number of amides is 1. The van der Waals surface area contributed by atoms with Gasteiger partial charge < -0.3 is 9.47 Å². The van der Waals surface area contributed by atoms with E-state index in [9.17, 15) is 4.79 Å². The van der Waals surface area contributed by atoms with Crippen LogP contribution in [0.3, 0.4) is 0 Å². The van der Waals surface area contributed by atoms with Gasteiger partial charge in [0.15, 0.2) is 11.5 Å². The van der Waals surface area contributed by atoms with Gasteiger partial charge in [-0.1, -0.05) is 11.6 Å². The monoisotopic (exact) mass is 387 g/mol. The van der Waals surface area contributed by atoms with Crippen LogP contribution in [-0.2, 0) is 4.74 Å². The van der Waals surface area contributed by atoms with Gasteiger partial charge >= 0.3 is 6.09 Å². The first-order valence-corrected chi connectivity index (χ1v) is 8.85. The van der Waals surface area contributed by atoms with E-state index in [4.69, 9.17) is 21.1 Å². The van der Waals surface area contributed by atoms with Crippen molar-refractivity contribution < 1.29 is 14.3 Å². The lowest BCUT2D eigenvalue weighted by atomic mass is 10.2. The predicted molar refractivity (Wildman–Crippen MR) is 103 cm³/mol. The van der Waals surface area contributed by atoms with Crippen molar-refractivity contribution in [2.24, 2.45) is 0 Å². The summed E-state index contributed by atoms with van der Waals surface area (Å²) in [7, 11) is 0. The van der Waals surface area contributed by atoms with Crippen LogP contribution < -0.4 is 9.64 Å². The highest BCUT2D eigenvalue weighted by molar-refractivity contribution is 6.29. The zero-order valence-electron chi connectivity index (χ0n) is 15.6. The smallest absolute Gasteiger partial charge is 0.420 e. The number of benzene rings is 1. The van der Waals surface area contributed by atoms with Gasteiger partial charge in [0.2, 0.25) is 0 Å². The fraction of sp³-hybridized carbons (Fsp3) is 0.316. The van der Waals surface area contributed by atoms with Crippen molar-refractivity contribution >= 4 is 34.8 Å². The molecule has 0 atom stereocenters. The van der Waals surface area contributed by atoms with Crippen LogP contribution in [0.4, 0.5) is 16.3 Å². The molecule has 0 saturated carbocycles. The second kappa shape index (κ2) is 7.44. The van der Waals surface area contributed by atoms with E-state index in [0.29, 0.717) is 29.5 Å². The van der Waals surface area contributed by atoms with Crippen LogP contribution in [0, 0.1) is 6.07 Å². The van der Waals surface area contributed by atoms with Crippen molar-refractivity contribution in [2.45, 2.75) is 33.3 Å². The number of fused-ring (bicyclic) bond motifs is 1. The van der Waals surface area contributed by atoms with Crippen LogP contribution >= 0.6 is 11.6 Å². The molecular weight excluding hydrogens is 368 g/mol. The molecular formula is C19H20ClN4O3. The van der Waals surface area contributed by atoms with E-state index in [1.54, 1.807) is 57.3 Å². The van der Waals surface area contributed by atoms with Gasteiger partial charge in [-0.25, -0.2) is 14.7 Å². The first kappa shape index (κ1) is 19.0. The number of nitrogens with zero attached hydrogens (tertiary/aromatic N) is 4. The molecule has 0 unspecified atom stereocenters. The molecule has 0 N–H and O–H groups in total. The molecule has 0 spiro atoms. The van der Waals surface area contributed by atoms with Crippen molar-refractivity contribution in [1.29, 1.82) is 0 Å². The minimum Gasteiger partial charge on any atom is -0.494 e. The molecule has 1 radical (unpaired) electrons. The maximum atomic E-state index is 13.0. The van der Waals surface area contributed by atoms with E-state index in [-0.39, 0.29) is 5.15 Å². The lowest BCUT2D eigenvalue weighted by Gasteiger charge is -2.27. The average Bonchev–Trinajstić information content (AvgIpc) is 3.03. The predicted octanol–water partition coefficient (Wildman–Crippen LogP) is 4.65. The highest BCUT2D eigenvalue weighted by atomic mass is 35.5. The largest absolute Gasteiger partial charge is 0.494 e. The highest BCUT2D eigenvalue weighted by Gasteiger charge is 2.28. The second-order valence-corrected chi connectivity index (χ2v) is 7.05. The van der Waals surface area contributed by atoms with E-state index in [0.717, 1.165) is 0 Å². The number of carbonyl (C=O) groups is 1. The Balaban J connectivity index is 2.12. The molecule has 2 aromatic heterocycles. The molecule has 3 aromatic rings. The quantitative estimate of drug-likeness (QED) is 0.609. The van der Waals surface area contributed by atoms with Gasteiger partial charge in [-0.05, 0) is 52.0 Å². The summed E-state index contributed by atoms with van der Waals surface area (Å²) in [6.45, 7) is 7.86. The average molecular weight is 388 g/mol. The summed E-state index contributed by atoms with van der Waals surface area (Å²) >= 11 is 6.11. The second-order valence-electron chi connectivity index (χ2n) is 6.70. The molecule has 1 aromatic carbocycles. The number of rotatable bonds is 4. The molecule has 7 nitrogen and oxygen atoms in total. The molecule has 1 amide bonds. The number of hydrogen-bond donors (Lipinski definition) is 0. The van der Waals surface area contributed by atoms with E-state index in [2.05, 4.69) is 16.1 Å². The lowest BCUT2D eigenvalue weighted by molar-refractivity contribution is 0.0597. The molecule has 0 aliphatic heterocycles. The number of hydrogen-bond acceptors (Lipinski definition) is 5. The van der Waals surface area contributed by atoms with Gasteiger partial charge in [-0.3, -0.25) is 0 Å². The molecule has 0 bridgehead atoms. The first-order chi connectivity index (χ1) is 12.8. The molecule has 27 heavy (non-hydrogen) atoms. The van der Waals surface area contributed by atoms with Crippen LogP contribution in [0.2, 0.25) is 5.15 Å². The third-order valence-electron chi connectivity index (χ3n) is 3.44. The first-order valence-electron chi connectivity index (χ1n) is 8.47. The maximum Gasteiger partial charge on any atom is 0.420 e. The molecule has 141 valence electrons. The summed E-state index contributed by atoms with van der Waals surface area (Å²) in [6.07, 6.45) is 0.989. The summed E-state index contributed by atoms with van der Waals surface area (Å²) < 4.78 is 12.5. The van der Waals surface area contributed by atoms with Crippen molar-refractivity contribution in [2.75, 3.05) is 11.5 Å². The van der Waals surface area contributed by atoms with Crippen LogP contribution in [0.25, 0.3) is 5.65 Å². The maximum absolute atomic E-state index is 13.0. The Bertz CT molecular complexity index is 948. The number of halogens is 1. The number of anilines is 2. The Morgan fingerprint density at radius 1 is 1.26 bits per heavy atom. The summed E-state index contributed by atoms with van der Waals surface area (Å²) in [6, 6.07) is 11.6. The Kier molecular flexibility index (Phi) is 5.23. The van der Waals surface area contributed by atoms with Gasteiger partial charge in [0.05, 0.1) is 24.6 Å². The number of aromatic nitrogens is 3. The van der Waals surface area contributed by atoms with Gasteiger partial charge in [-0.15, -0.1) is 0 Å². The molecule has 0 fully saturated rings. The molecule has 3 rings (SSSR count). The summed E-state index contributed by atoms with van der Waals surface area (Å²) in [5, 5.41) is 4.34. The van der Waals surface area contributed by atoms with E-state index >= 15 is 0 Å². The molecule has 8 heteroatoms. The van der Waals surface area contributed by atoms with Gasteiger partial charge in [-0.2, -0.15) is 9.61 Å². The Morgan fingerprint density at radius 2 is 1.96 bits per heavy atom. The van der Waals surface area contributed by atoms with Crippen molar-refractivity contribution in [3.05, 3.63) is 47.7 Å². The van der Waals surface area contributed by atoms with Gasteiger partial charge in [0.1, 0.15) is 16.5 Å². The van der Waals surface area contributed by atoms with Gasteiger partial charge in [0.25, 0.3) is 0 Å². The third-order valence-corrected chi connectivity index (χ3v) is 3.62. The SMILES string of the molecule is CCOc1ccc(N(C(=O)OC(C)(C)C)c2[c]c(Cl)nc3ccnn23)cc1. The molecule has 0 aliphatic carbocycles. The van der Waals surface area contributed by atoms with Crippen molar-refractivity contribution in [3.63, 3.8) is 0 Å². The number of carbonyl (C=O) groups excluding carboxylic acids is 1. The fourth-order valence-corrected chi connectivity index (χ4v) is 2.62. The summed E-state index contributed by atoms with van der Waals surface area (Å²) in [5.41, 5.74) is 0.372. The van der Waals surface area contributed by atoms with E-state index < -0.39 is 11.7 Å². The molecule has 2 heterocycles. The minimum absolute atomic E-state index is 0.123. The summed E-state index contributed by atoms with van der Waals surface area (Å²) in [4.78, 5) is 18.5. The van der Waals surface area contributed by atoms with E-state index in [1.807, 2.05) is 6.92 Å². The number of ether oxygens (including phenoxy) is 2. The zero-order valence-corrected chi connectivity index (χ0v) is 16.3. The zero-order chi connectivity index (χ0) is 19.6. The third kappa shape index (κ3) is 4.31.